The normalized spacial score (nSPS) is 16.0. The highest BCUT2D eigenvalue weighted by Crippen LogP contribution is 2.42. The van der Waals surface area contributed by atoms with Crippen LogP contribution < -0.4 is 5.32 Å². The van der Waals surface area contributed by atoms with E-state index in [4.69, 9.17) is 27.9 Å². The third kappa shape index (κ3) is 6.15. The van der Waals surface area contributed by atoms with E-state index in [0.717, 1.165) is 23.6 Å². The molecule has 0 saturated heterocycles. The van der Waals surface area contributed by atoms with Crippen molar-refractivity contribution in [1.29, 1.82) is 0 Å². The highest BCUT2D eigenvalue weighted by atomic mass is 35.5. The molecule has 6 heteroatoms. The van der Waals surface area contributed by atoms with Crippen LogP contribution in [0, 0.1) is 5.92 Å². The molecule has 0 spiro atoms. The van der Waals surface area contributed by atoms with Gasteiger partial charge in [-0.05, 0) is 60.7 Å². The zero-order valence-corrected chi connectivity index (χ0v) is 17.5. The molecule has 0 heterocycles. The topological polar surface area (TPSA) is 38.3 Å². The SMILES string of the molecule is COC(=O)CS[C@@H](c1cccc(Cl)c1)[C@@H](NCC1CC1)c1ccc(Cl)cc1. The third-order valence-electron chi connectivity index (χ3n) is 4.64. The summed E-state index contributed by atoms with van der Waals surface area (Å²) in [6.45, 7) is 0.961. The van der Waals surface area contributed by atoms with Gasteiger partial charge in [-0.1, -0.05) is 47.5 Å². The van der Waals surface area contributed by atoms with Gasteiger partial charge in [0, 0.05) is 21.3 Å². The summed E-state index contributed by atoms with van der Waals surface area (Å²) in [5, 5.41) is 5.13. The van der Waals surface area contributed by atoms with E-state index in [1.165, 1.54) is 20.0 Å². The molecule has 2 atom stereocenters. The fourth-order valence-corrected chi connectivity index (χ4v) is 4.51. The molecule has 3 rings (SSSR count). The average molecular weight is 424 g/mol. The van der Waals surface area contributed by atoms with Crippen molar-refractivity contribution in [3.8, 4) is 0 Å². The van der Waals surface area contributed by atoms with E-state index in [0.29, 0.717) is 10.0 Å². The summed E-state index contributed by atoms with van der Waals surface area (Å²) in [5.41, 5.74) is 2.22. The van der Waals surface area contributed by atoms with Crippen LogP contribution in [0.15, 0.2) is 48.5 Å². The molecule has 27 heavy (non-hydrogen) atoms. The number of thioether (sulfide) groups is 1. The van der Waals surface area contributed by atoms with Crippen LogP contribution in [0.25, 0.3) is 0 Å². The van der Waals surface area contributed by atoms with E-state index < -0.39 is 0 Å². The molecule has 0 amide bonds. The lowest BCUT2D eigenvalue weighted by atomic mass is 9.98. The summed E-state index contributed by atoms with van der Waals surface area (Å²) in [6.07, 6.45) is 2.55. The van der Waals surface area contributed by atoms with E-state index in [9.17, 15) is 4.79 Å². The molecule has 1 saturated carbocycles. The smallest absolute Gasteiger partial charge is 0.315 e. The molecule has 1 N–H and O–H groups in total. The van der Waals surface area contributed by atoms with Crippen LogP contribution in [0.3, 0.4) is 0 Å². The van der Waals surface area contributed by atoms with Gasteiger partial charge < -0.3 is 10.1 Å². The van der Waals surface area contributed by atoms with Crippen LogP contribution in [-0.4, -0.2) is 25.4 Å². The Hall–Kier alpha value is -1.20. The minimum absolute atomic E-state index is 0.0164. The molecule has 0 aromatic heterocycles. The Labute approximate surface area is 174 Å². The first-order valence-corrected chi connectivity index (χ1v) is 10.8. The molecular formula is C21H23Cl2NO2S. The first kappa shape index (κ1) is 20.5. The van der Waals surface area contributed by atoms with Crippen molar-refractivity contribution in [3.63, 3.8) is 0 Å². The molecule has 2 aromatic carbocycles. The van der Waals surface area contributed by atoms with Crippen LogP contribution in [0.1, 0.15) is 35.3 Å². The minimum atomic E-state index is -0.232. The minimum Gasteiger partial charge on any atom is -0.468 e. The van der Waals surface area contributed by atoms with E-state index in [-0.39, 0.29) is 23.0 Å². The van der Waals surface area contributed by atoms with Gasteiger partial charge in [-0.3, -0.25) is 4.79 Å². The first-order valence-electron chi connectivity index (χ1n) is 8.99. The number of hydrogen-bond acceptors (Lipinski definition) is 4. The number of rotatable bonds is 9. The highest BCUT2D eigenvalue weighted by molar-refractivity contribution is 8.00. The largest absolute Gasteiger partial charge is 0.468 e. The van der Waals surface area contributed by atoms with Gasteiger partial charge in [0.2, 0.25) is 0 Å². The molecule has 0 unspecified atom stereocenters. The highest BCUT2D eigenvalue weighted by Gasteiger charge is 2.29. The second-order valence-corrected chi connectivity index (χ2v) is 8.75. The molecule has 3 nitrogen and oxygen atoms in total. The lowest BCUT2D eigenvalue weighted by Crippen LogP contribution is -2.28. The van der Waals surface area contributed by atoms with Crippen LogP contribution >= 0.6 is 35.0 Å². The second-order valence-electron chi connectivity index (χ2n) is 6.74. The fraction of sp³-hybridized carbons (Fsp3) is 0.381. The Morgan fingerprint density at radius 3 is 2.52 bits per heavy atom. The Bertz CT molecular complexity index is 765. The van der Waals surface area contributed by atoms with Gasteiger partial charge in [-0.25, -0.2) is 0 Å². The van der Waals surface area contributed by atoms with Crippen molar-refractivity contribution in [3.05, 3.63) is 69.7 Å². The summed E-state index contributed by atoms with van der Waals surface area (Å²) in [7, 11) is 1.42. The molecule has 0 radical (unpaired) electrons. The number of methoxy groups -OCH3 is 1. The fourth-order valence-electron chi connectivity index (χ4n) is 2.97. The van der Waals surface area contributed by atoms with Crippen molar-refractivity contribution in [2.24, 2.45) is 5.92 Å². The van der Waals surface area contributed by atoms with Crippen LogP contribution in [0.5, 0.6) is 0 Å². The molecule has 144 valence electrons. The summed E-state index contributed by atoms with van der Waals surface area (Å²) in [6, 6.07) is 15.8. The standard InChI is InChI=1S/C21H23Cl2NO2S/c1-26-19(25)13-27-21(16-3-2-4-18(23)11-16)20(24-12-14-5-6-14)15-7-9-17(22)10-8-15/h2-4,7-11,14,20-21,24H,5-6,12-13H2,1H3/t20-,21-/m0/s1. The maximum absolute atomic E-state index is 11.8. The first-order chi connectivity index (χ1) is 13.1. The Kier molecular flexibility index (Phi) is 7.48. The predicted molar refractivity (Wildman–Crippen MR) is 114 cm³/mol. The van der Waals surface area contributed by atoms with Crippen molar-refractivity contribution >= 4 is 40.9 Å². The van der Waals surface area contributed by atoms with Gasteiger partial charge in [-0.15, -0.1) is 11.8 Å². The Balaban J connectivity index is 1.91. The van der Waals surface area contributed by atoms with Gasteiger partial charge in [-0.2, -0.15) is 0 Å². The monoisotopic (exact) mass is 423 g/mol. The maximum atomic E-state index is 11.8. The molecular weight excluding hydrogens is 401 g/mol. The molecule has 2 aromatic rings. The number of carbonyl (C=O) groups is 1. The third-order valence-corrected chi connectivity index (χ3v) is 6.43. The van der Waals surface area contributed by atoms with Gasteiger partial charge >= 0.3 is 5.97 Å². The number of carbonyl (C=O) groups excluding carboxylic acids is 1. The number of hydrogen-bond donors (Lipinski definition) is 1. The number of esters is 1. The van der Waals surface area contributed by atoms with Crippen molar-refractivity contribution in [1.82, 2.24) is 5.32 Å². The Morgan fingerprint density at radius 2 is 1.89 bits per heavy atom. The van der Waals surface area contributed by atoms with E-state index in [1.54, 1.807) is 11.8 Å². The molecule has 0 bridgehead atoms. The summed E-state index contributed by atoms with van der Waals surface area (Å²) in [5.74, 6) is 0.789. The number of ether oxygens (including phenoxy) is 1. The van der Waals surface area contributed by atoms with Crippen molar-refractivity contribution < 1.29 is 9.53 Å². The second kappa shape index (κ2) is 9.83. The molecule has 0 aliphatic heterocycles. The van der Waals surface area contributed by atoms with E-state index in [1.807, 2.05) is 42.5 Å². The van der Waals surface area contributed by atoms with Gasteiger partial charge in [0.05, 0.1) is 12.9 Å². The molecule has 1 aliphatic carbocycles. The van der Waals surface area contributed by atoms with Gasteiger partial charge in [0.1, 0.15) is 0 Å². The van der Waals surface area contributed by atoms with E-state index in [2.05, 4.69) is 11.4 Å². The quantitative estimate of drug-likeness (QED) is 0.526. The Morgan fingerprint density at radius 1 is 1.15 bits per heavy atom. The van der Waals surface area contributed by atoms with E-state index >= 15 is 0 Å². The lowest BCUT2D eigenvalue weighted by molar-refractivity contribution is -0.137. The number of halogens is 2. The summed E-state index contributed by atoms with van der Waals surface area (Å²) >= 11 is 13.9. The van der Waals surface area contributed by atoms with Crippen molar-refractivity contribution in [2.75, 3.05) is 19.4 Å². The van der Waals surface area contributed by atoms with Gasteiger partial charge in [0.15, 0.2) is 0 Å². The van der Waals surface area contributed by atoms with Crippen LogP contribution in [0.2, 0.25) is 10.0 Å². The lowest BCUT2D eigenvalue weighted by Gasteiger charge is -2.29. The zero-order valence-electron chi connectivity index (χ0n) is 15.2. The maximum Gasteiger partial charge on any atom is 0.315 e. The molecule has 1 aliphatic rings. The number of nitrogens with one attached hydrogen (secondary N) is 1. The van der Waals surface area contributed by atoms with Crippen molar-refractivity contribution in [2.45, 2.75) is 24.1 Å². The zero-order chi connectivity index (χ0) is 19.2. The molecule has 1 fully saturated rings. The number of benzene rings is 2. The van der Waals surface area contributed by atoms with Crippen LogP contribution in [0.4, 0.5) is 0 Å². The summed E-state index contributed by atoms with van der Waals surface area (Å²) < 4.78 is 4.85. The predicted octanol–water partition coefficient (Wildman–Crippen LogP) is 5.68. The average Bonchev–Trinajstić information content (AvgIpc) is 3.49. The van der Waals surface area contributed by atoms with Crippen LogP contribution in [-0.2, 0) is 9.53 Å². The van der Waals surface area contributed by atoms with Gasteiger partial charge in [0.25, 0.3) is 0 Å². The summed E-state index contributed by atoms with van der Waals surface area (Å²) in [4.78, 5) is 11.8.